The molecule has 2 amide bonds. The molecule has 0 spiro atoms. The summed E-state index contributed by atoms with van der Waals surface area (Å²) >= 11 is 0. The number of amides is 2. The molecule has 166 valence electrons. The van der Waals surface area contributed by atoms with Gasteiger partial charge in [-0.15, -0.1) is 0 Å². The topological polar surface area (TPSA) is 100 Å². The number of nitrogens with zero attached hydrogens (tertiary/aromatic N) is 4. The van der Waals surface area contributed by atoms with Crippen LogP contribution in [0.1, 0.15) is 36.2 Å². The normalized spacial score (nSPS) is 16.2. The zero-order chi connectivity index (χ0) is 22.8. The third-order valence-corrected chi connectivity index (χ3v) is 5.87. The molecule has 1 aliphatic carbocycles. The summed E-state index contributed by atoms with van der Waals surface area (Å²) in [6.45, 7) is 3.77. The van der Waals surface area contributed by atoms with Crippen molar-refractivity contribution in [2.75, 3.05) is 29.9 Å². The molecular weight excluding hydrogens is 416 g/mol. The first kappa shape index (κ1) is 21.0. The second-order valence-corrected chi connectivity index (χ2v) is 8.36. The van der Waals surface area contributed by atoms with E-state index in [9.17, 15) is 9.59 Å². The number of hydrogen-bond donors (Lipinski definition) is 2. The van der Waals surface area contributed by atoms with Gasteiger partial charge < -0.3 is 15.5 Å². The monoisotopic (exact) mass is 440 g/mol. The number of carbonyl (C=O) groups is 2. The summed E-state index contributed by atoms with van der Waals surface area (Å²) in [5.41, 5.74) is 2.96. The Morgan fingerprint density at radius 2 is 2.00 bits per heavy atom. The van der Waals surface area contributed by atoms with E-state index >= 15 is 0 Å². The van der Waals surface area contributed by atoms with E-state index in [2.05, 4.69) is 37.4 Å². The van der Waals surface area contributed by atoms with Crippen LogP contribution in [0.5, 0.6) is 0 Å². The average Bonchev–Trinajstić information content (AvgIpc) is 3.68. The van der Waals surface area contributed by atoms with Crippen molar-refractivity contribution in [3.63, 3.8) is 0 Å². The molecule has 2 N–H and O–H groups in total. The minimum absolute atomic E-state index is 0.0169. The van der Waals surface area contributed by atoms with Crippen molar-refractivity contribution in [2.45, 2.75) is 26.2 Å². The average molecular weight is 441 g/mol. The molecule has 0 radical (unpaired) electrons. The van der Waals surface area contributed by atoms with Gasteiger partial charge in [0.05, 0.1) is 24.0 Å². The highest BCUT2D eigenvalue weighted by Crippen LogP contribution is 2.30. The minimum Gasteiger partial charge on any atom is -0.310 e. The lowest BCUT2D eigenvalue weighted by Crippen LogP contribution is -2.34. The maximum atomic E-state index is 12.3. The van der Waals surface area contributed by atoms with Gasteiger partial charge in [-0.2, -0.15) is 0 Å². The van der Waals surface area contributed by atoms with Gasteiger partial charge >= 0.3 is 0 Å². The lowest BCUT2D eigenvalue weighted by Gasteiger charge is -2.19. The number of nitrogens with one attached hydrogen (secondary N) is 2. The van der Waals surface area contributed by atoms with Crippen LogP contribution in [0.25, 0.3) is 10.8 Å². The van der Waals surface area contributed by atoms with Crippen molar-refractivity contribution in [1.29, 1.82) is 0 Å². The van der Waals surface area contributed by atoms with E-state index < -0.39 is 0 Å². The van der Waals surface area contributed by atoms with Gasteiger partial charge in [-0.05, 0) is 56.9 Å². The van der Waals surface area contributed by atoms with Crippen LogP contribution in [-0.2, 0) is 9.59 Å². The number of aromatic nitrogens is 3. The first-order valence-corrected chi connectivity index (χ1v) is 11.1. The Balaban J connectivity index is 1.41. The molecular formula is C25H24N6O2. The summed E-state index contributed by atoms with van der Waals surface area (Å²) in [4.78, 5) is 39.4. The molecule has 3 aromatic heterocycles. The SMILES string of the molecule is Cc1ncc(C#Cc2ccc(N3CCCNCC3=O)cn2)c2cc(NC(=O)C3CC3)ncc12. The van der Waals surface area contributed by atoms with Crippen LogP contribution in [-0.4, -0.2) is 46.4 Å². The smallest absolute Gasteiger partial charge is 0.240 e. The zero-order valence-corrected chi connectivity index (χ0v) is 18.4. The fourth-order valence-corrected chi connectivity index (χ4v) is 3.81. The summed E-state index contributed by atoms with van der Waals surface area (Å²) in [5, 5.41) is 7.79. The molecule has 0 aromatic carbocycles. The Kier molecular flexibility index (Phi) is 5.71. The second-order valence-electron chi connectivity index (χ2n) is 8.36. The predicted molar refractivity (Wildman–Crippen MR) is 126 cm³/mol. The Hall–Kier alpha value is -3.83. The molecule has 5 rings (SSSR count). The van der Waals surface area contributed by atoms with E-state index in [1.165, 1.54) is 0 Å². The molecule has 8 nitrogen and oxygen atoms in total. The van der Waals surface area contributed by atoms with Crippen molar-refractivity contribution in [3.05, 3.63) is 53.7 Å². The molecule has 1 aliphatic heterocycles. The lowest BCUT2D eigenvalue weighted by atomic mass is 10.1. The minimum atomic E-state index is 0.0169. The summed E-state index contributed by atoms with van der Waals surface area (Å²) in [6, 6.07) is 5.55. The van der Waals surface area contributed by atoms with Crippen molar-refractivity contribution in [1.82, 2.24) is 20.3 Å². The van der Waals surface area contributed by atoms with E-state index in [4.69, 9.17) is 0 Å². The van der Waals surface area contributed by atoms with Gasteiger partial charge in [0, 0.05) is 41.3 Å². The van der Waals surface area contributed by atoms with E-state index in [1.54, 1.807) is 23.5 Å². The molecule has 0 bridgehead atoms. The largest absolute Gasteiger partial charge is 0.310 e. The fourth-order valence-electron chi connectivity index (χ4n) is 3.81. The Morgan fingerprint density at radius 3 is 2.79 bits per heavy atom. The van der Waals surface area contributed by atoms with E-state index in [0.717, 1.165) is 53.5 Å². The van der Waals surface area contributed by atoms with E-state index in [1.807, 2.05) is 25.1 Å². The van der Waals surface area contributed by atoms with Crippen LogP contribution in [0.15, 0.2) is 36.8 Å². The molecule has 1 saturated heterocycles. The maximum Gasteiger partial charge on any atom is 0.240 e. The third-order valence-electron chi connectivity index (χ3n) is 5.87. The molecule has 3 aromatic rings. The standard InChI is InChI=1S/C25H24N6O2/c1-16-22-14-29-23(30-25(33)17-3-4-17)11-21(22)18(12-27-16)5-6-19-7-8-20(13-28-19)31-10-2-9-26-15-24(31)32/h7-8,11-14,17,26H,2-4,9-10,15H2,1H3,(H,29,30,33). The van der Waals surface area contributed by atoms with Crippen LogP contribution in [0.2, 0.25) is 0 Å². The Morgan fingerprint density at radius 1 is 1.12 bits per heavy atom. The summed E-state index contributed by atoms with van der Waals surface area (Å²) in [7, 11) is 0. The number of anilines is 2. The number of hydrogen-bond acceptors (Lipinski definition) is 6. The molecule has 1 saturated carbocycles. The van der Waals surface area contributed by atoms with Crippen LogP contribution >= 0.6 is 0 Å². The summed E-state index contributed by atoms with van der Waals surface area (Å²) in [6.07, 6.45) is 7.92. The number of pyridine rings is 3. The predicted octanol–water partition coefficient (Wildman–Crippen LogP) is 2.41. The van der Waals surface area contributed by atoms with Crippen molar-refractivity contribution < 1.29 is 9.59 Å². The van der Waals surface area contributed by atoms with Gasteiger partial charge in [0.15, 0.2) is 0 Å². The lowest BCUT2D eigenvalue weighted by molar-refractivity contribution is -0.118. The molecule has 8 heteroatoms. The highest BCUT2D eigenvalue weighted by Gasteiger charge is 2.29. The van der Waals surface area contributed by atoms with E-state index in [-0.39, 0.29) is 17.7 Å². The van der Waals surface area contributed by atoms with Crippen molar-refractivity contribution >= 4 is 34.1 Å². The zero-order valence-electron chi connectivity index (χ0n) is 18.4. The van der Waals surface area contributed by atoms with Crippen LogP contribution < -0.4 is 15.5 Å². The van der Waals surface area contributed by atoms with Crippen LogP contribution in [0.4, 0.5) is 11.5 Å². The Labute approximate surface area is 191 Å². The molecule has 33 heavy (non-hydrogen) atoms. The van der Waals surface area contributed by atoms with Crippen LogP contribution in [0, 0.1) is 24.7 Å². The number of aryl methyl sites for hydroxylation is 1. The fraction of sp³-hybridized carbons (Fsp3) is 0.320. The first-order chi connectivity index (χ1) is 16.1. The van der Waals surface area contributed by atoms with Gasteiger partial charge in [0.2, 0.25) is 11.8 Å². The maximum absolute atomic E-state index is 12.3. The van der Waals surface area contributed by atoms with Crippen LogP contribution in [0.3, 0.4) is 0 Å². The molecule has 0 atom stereocenters. The van der Waals surface area contributed by atoms with Crippen molar-refractivity contribution in [2.24, 2.45) is 5.92 Å². The van der Waals surface area contributed by atoms with Gasteiger partial charge in [0.25, 0.3) is 0 Å². The number of rotatable bonds is 3. The number of fused-ring (bicyclic) bond motifs is 1. The molecule has 2 aliphatic rings. The number of carbonyl (C=O) groups excluding carboxylic acids is 2. The van der Waals surface area contributed by atoms with Gasteiger partial charge in [0.1, 0.15) is 11.5 Å². The Bertz CT molecular complexity index is 1290. The van der Waals surface area contributed by atoms with E-state index in [0.29, 0.717) is 24.6 Å². The molecule has 0 unspecified atom stereocenters. The van der Waals surface area contributed by atoms with Gasteiger partial charge in [-0.1, -0.05) is 5.92 Å². The molecule has 2 fully saturated rings. The third kappa shape index (κ3) is 4.69. The molecule has 4 heterocycles. The quantitative estimate of drug-likeness (QED) is 0.607. The second kappa shape index (κ2) is 8.96. The summed E-state index contributed by atoms with van der Waals surface area (Å²) in [5.74, 6) is 6.94. The van der Waals surface area contributed by atoms with Gasteiger partial charge in [-0.3, -0.25) is 14.6 Å². The van der Waals surface area contributed by atoms with Crippen molar-refractivity contribution in [3.8, 4) is 11.8 Å². The van der Waals surface area contributed by atoms with Gasteiger partial charge in [-0.25, -0.2) is 9.97 Å². The summed E-state index contributed by atoms with van der Waals surface area (Å²) < 4.78 is 0. The highest BCUT2D eigenvalue weighted by atomic mass is 16.2. The first-order valence-electron chi connectivity index (χ1n) is 11.1. The highest BCUT2D eigenvalue weighted by molar-refractivity contribution is 5.97.